The summed E-state index contributed by atoms with van der Waals surface area (Å²) in [4.78, 5) is 16.4. The molecule has 0 unspecified atom stereocenters. The fourth-order valence-corrected chi connectivity index (χ4v) is 2.75. The zero-order chi connectivity index (χ0) is 17.2. The van der Waals surface area contributed by atoms with Gasteiger partial charge in [-0.1, -0.05) is 30.3 Å². The second-order valence-electron chi connectivity index (χ2n) is 5.84. The van der Waals surface area contributed by atoms with Crippen LogP contribution in [0.2, 0.25) is 0 Å². The number of hydrogen-bond acceptors (Lipinski definition) is 4. The molecular formula is C17H29N5O. The highest BCUT2D eigenvalue weighted by atomic mass is 16.1. The average molecular weight is 319 g/mol. The number of guanidine groups is 1. The number of nitrogens with two attached hydrogens (primary N) is 2. The highest BCUT2D eigenvalue weighted by Crippen LogP contribution is 2.21. The zero-order valence-corrected chi connectivity index (χ0v) is 14.4. The molecule has 4 N–H and O–H groups in total. The molecule has 6 nitrogen and oxygen atoms in total. The van der Waals surface area contributed by atoms with E-state index in [4.69, 9.17) is 11.6 Å². The molecule has 0 heterocycles. The maximum Gasteiger partial charge on any atom is 0.210 e. The predicted octanol–water partition coefficient (Wildman–Crippen LogP) is 1.48. The zero-order valence-electron chi connectivity index (χ0n) is 14.4. The van der Waals surface area contributed by atoms with Crippen molar-refractivity contribution in [3.05, 3.63) is 35.9 Å². The molecule has 0 bridgehead atoms. The molecule has 128 valence electrons. The van der Waals surface area contributed by atoms with Gasteiger partial charge >= 0.3 is 0 Å². The van der Waals surface area contributed by atoms with Gasteiger partial charge < -0.3 is 10.6 Å². The molecule has 0 saturated heterocycles. The third-order valence-corrected chi connectivity index (χ3v) is 4.06. The second-order valence-corrected chi connectivity index (χ2v) is 5.84. The van der Waals surface area contributed by atoms with Gasteiger partial charge in [-0.2, -0.15) is 0 Å². The summed E-state index contributed by atoms with van der Waals surface area (Å²) in [6.07, 6.45) is 5.29. The standard InChI is InChI=1S/C10H23N5.C7H6O/c1-13-10(15(3)12)14(2)9-6-4-8(11)5-7-9;8-6-7-4-2-1-3-5-7/h8-9H,4-7,11-12H2,1-3H3;1-6H. The van der Waals surface area contributed by atoms with Crippen molar-refractivity contribution < 1.29 is 4.79 Å². The smallest absolute Gasteiger partial charge is 0.210 e. The van der Waals surface area contributed by atoms with E-state index < -0.39 is 0 Å². The molecule has 23 heavy (non-hydrogen) atoms. The monoisotopic (exact) mass is 319 g/mol. The number of benzene rings is 1. The van der Waals surface area contributed by atoms with Crippen LogP contribution in [0.4, 0.5) is 0 Å². The second kappa shape index (κ2) is 9.97. The number of carbonyl (C=O) groups is 1. The van der Waals surface area contributed by atoms with Crippen molar-refractivity contribution in [1.29, 1.82) is 0 Å². The highest BCUT2D eigenvalue weighted by Gasteiger charge is 2.24. The van der Waals surface area contributed by atoms with Crippen LogP contribution in [-0.4, -0.2) is 55.4 Å². The lowest BCUT2D eigenvalue weighted by Crippen LogP contribution is -2.50. The van der Waals surface area contributed by atoms with Gasteiger partial charge in [0, 0.05) is 38.8 Å². The van der Waals surface area contributed by atoms with Crippen LogP contribution in [-0.2, 0) is 0 Å². The fourth-order valence-electron chi connectivity index (χ4n) is 2.75. The predicted molar refractivity (Wildman–Crippen MR) is 95.1 cm³/mol. The van der Waals surface area contributed by atoms with Crippen LogP contribution in [0.3, 0.4) is 0 Å². The Labute approximate surface area is 139 Å². The third-order valence-electron chi connectivity index (χ3n) is 4.06. The fraction of sp³-hybridized carbons (Fsp3) is 0.529. The van der Waals surface area contributed by atoms with Gasteiger partial charge in [0.15, 0.2) is 0 Å². The molecule has 1 aromatic rings. The van der Waals surface area contributed by atoms with Crippen molar-refractivity contribution >= 4 is 12.2 Å². The Morgan fingerprint density at radius 3 is 2.13 bits per heavy atom. The minimum atomic E-state index is 0.382. The van der Waals surface area contributed by atoms with E-state index in [1.165, 1.54) is 0 Å². The first-order valence-corrected chi connectivity index (χ1v) is 7.93. The molecule has 0 aromatic heterocycles. The van der Waals surface area contributed by atoms with E-state index in [1.807, 2.05) is 32.3 Å². The van der Waals surface area contributed by atoms with E-state index in [0.29, 0.717) is 12.1 Å². The van der Waals surface area contributed by atoms with E-state index in [0.717, 1.165) is 43.5 Å². The maximum absolute atomic E-state index is 10.0. The van der Waals surface area contributed by atoms with Gasteiger partial charge in [0.2, 0.25) is 5.96 Å². The maximum atomic E-state index is 10.0. The average Bonchev–Trinajstić information content (AvgIpc) is 2.57. The number of aldehydes is 1. The van der Waals surface area contributed by atoms with Crippen LogP contribution in [0.15, 0.2) is 35.3 Å². The van der Waals surface area contributed by atoms with E-state index in [1.54, 1.807) is 24.2 Å². The topological polar surface area (TPSA) is 87.9 Å². The van der Waals surface area contributed by atoms with Crippen LogP contribution in [0.1, 0.15) is 36.0 Å². The Balaban J connectivity index is 0.000000277. The Kier molecular flexibility index (Phi) is 8.29. The summed E-state index contributed by atoms with van der Waals surface area (Å²) in [5.41, 5.74) is 6.61. The SMILES string of the molecule is CN=C(N(C)N)N(C)C1CCC(N)CC1.O=Cc1ccccc1. The van der Waals surface area contributed by atoms with Gasteiger partial charge in [-0.3, -0.25) is 14.8 Å². The lowest BCUT2D eigenvalue weighted by atomic mass is 9.91. The number of carbonyl (C=O) groups excluding carboxylic acids is 1. The van der Waals surface area contributed by atoms with Crippen LogP contribution in [0.5, 0.6) is 0 Å². The number of rotatable bonds is 2. The van der Waals surface area contributed by atoms with Crippen molar-refractivity contribution in [3.8, 4) is 0 Å². The third kappa shape index (κ3) is 6.38. The quantitative estimate of drug-likeness (QED) is 0.283. The summed E-state index contributed by atoms with van der Waals surface area (Å²) in [5, 5.41) is 1.56. The molecule has 0 aliphatic heterocycles. The summed E-state index contributed by atoms with van der Waals surface area (Å²) in [5.74, 6) is 6.55. The van der Waals surface area contributed by atoms with Gasteiger partial charge in [0.1, 0.15) is 6.29 Å². The van der Waals surface area contributed by atoms with Gasteiger partial charge in [-0.05, 0) is 25.7 Å². The highest BCUT2D eigenvalue weighted by molar-refractivity contribution is 5.79. The minimum Gasteiger partial charge on any atom is -0.342 e. The summed E-state index contributed by atoms with van der Waals surface area (Å²) >= 11 is 0. The molecular weight excluding hydrogens is 290 g/mol. The van der Waals surface area contributed by atoms with Gasteiger partial charge in [-0.25, -0.2) is 5.84 Å². The van der Waals surface area contributed by atoms with Crippen molar-refractivity contribution in [2.45, 2.75) is 37.8 Å². The first-order chi connectivity index (χ1) is 11.0. The molecule has 1 aromatic carbocycles. The minimum absolute atomic E-state index is 0.382. The van der Waals surface area contributed by atoms with Gasteiger partial charge in [0.05, 0.1) is 0 Å². The molecule has 1 aliphatic carbocycles. The molecule has 1 fully saturated rings. The molecule has 0 atom stereocenters. The van der Waals surface area contributed by atoms with Crippen LogP contribution in [0, 0.1) is 0 Å². The normalized spacial score (nSPS) is 21.0. The van der Waals surface area contributed by atoms with Crippen molar-refractivity contribution in [2.24, 2.45) is 16.6 Å². The summed E-state index contributed by atoms with van der Waals surface area (Å²) in [6, 6.07) is 10.0. The molecule has 0 amide bonds. The van der Waals surface area contributed by atoms with Crippen molar-refractivity contribution in [2.75, 3.05) is 21.1 Å². The molecule has 6 heteroatoms. The summed E-state index contributed by atoms with van der Waals surface area (Å²) in [7, 11) is 5.63. The van der Waals surface area contributed by atoms with Crippen molar-refractivity contribution in [3.63, 3.8) is 0 Å². The molecule has 1 aliphatic rings. The Morgan fingerprint density at radius 2 is 1.74 bits per heavy atom. The van der Waals surface area contributed by atoms with Crippen molar-refractivity contribution in [1.82, 2.24) is 9.91 Å². The van der Waals surface area contributed by atoms with Crippen LogP contribution in [0.25, 0.3) is 0 Å². The first kappa shape index (κ1) is 19.1. The number of nitrogens with zero attached hydrogens (tertiary/aromatic N) is 3. The lowest BCUT2D eigenvalue weighted by molar-refractivity contribution is 0.112. The van der Waals surface area contributed by atoms with E-state index in [2.05, 4.69) is 9.89 Å². The van der Waals surface area contributed by atoms with Crippen LogP contribution >= 0.6 is 0 Å². The summed E-state index contributed by atoms with van der Waals surface area (Å²) < 4.78 is 0. The summed E-state index contributed by atoms with van der Waals surface area (Å²) in [6.45, 7) is 0. The van der Waals surface area contributed by atoms with E-state index in [-0.39, 0.29) is 0 Å². The number of hydrogen-bond donors (Lipinski definition) is 2. The Morgan fingerprint density at radius 1 is 1.17 bits per heavy atom. The van der Waals surface area contributed by atoms with Crippen LogP contribution < -0.4 is 11.6 Å². The number of hydrazine groups is 1. The molecule has 2 rings (SSSR count). The molecule has 0 spiro atoms. The van der Waals surface area contributed by atoms with E-state index in [9.17, 15) is 4.79 Å². The Hall–Kier alpha value is -1.92. The van der Waals surface area contributed by atoms with Gasteiger partial charge in [-0.15, -0.1) is 0 Å². The number of aliphatic imine (C=N–C) groups is 1. The largest absolute Gasteiger partial charge is 0.342 e. The first-order valence-electron chi connectivity index (χ1n) is 7.93. The lowest BCUT2D eigenvalue weighted by Gasteiger charge is -2.36. The molecule has 0 radical (unpaired) electrons. The Bertz CT molecular complexity index is 481. The molecule has 1 saturated carbocycles. The van der Waals surface area contributed by atoms with E-state index >= 15 is 0 Å². The van der Waals surface area contributed by atoms with Gasteiger partial charge in [0.25, 0.3) is 0 Å².